The zero-order valence-corrected chi connectivity index (χ0v) is 13.7. The topological polar surface area (TPSA) is 68.3 Å². The number of carbonyl (C=O) groups is 2. The second kappa shape index (κ2) is 4.13. The van der Waals surface area contributed by atoms with Crippen LogP contribution in [0, 0.1) is 11.8 Å². The van der Waals surface area contributed by atoms with Gasteiger partial charge in [0.15, 0.2) is 21.4 Å². The van der Waals surface area contributed by atoms with Crippen LogP contribution in [0.2, 0.25) is 0 Å². The number of ketones is 2. The molecule has 0 aromatic carbocycles. The van der Waals surface area contributed by atoms with Crippen molar-refractivity contribution in [2.75, 3.05) is 5.75 Å². The Bertz CT molecular complexity index is 701. The normalized spacial score (nSPS) is 39.5. The predicted molar refractivity (Wildman–Crippen MR) is 78.1 cm³/mol. The summed E-state index contributed by atoms with van der Waals surface area (Å²) in [6, 6.07) is 0. The fraction of sp³-hybridized carbons (Fsp3) is 0.571. The molecule has 3 aliphatic rings. The smallest absolute Gasteiger partial charge is 0.176 e. The third kappa shape index (κ3) is 1.61. The number of Topliss-reactive ketones (excluding diaryl/α,β-unsaturated/α-hetero) is 1. The molecule has 2 unspecified atom stereocenters. The van der Waals surface area contributed by atoms with E-state index in [1.54, 1.807) is 13.8 Å². The van der Waals surface area contributed by atoms with Crippen molar-refractivity contribution in [1.29, 1.82) is 0 Å². The molecule has 4 nitrogen and oxygen atoms in total. The van der Waals surface area contributed by atoms with Crippen LogP contribution in [0.15, 0.2) is 22.1 Å². The lowest BCUT2D eigenvalue weighted by Gasteiger charge is -2.44. The third-order valence-corrected chi connectivity index (χ3v) is 8.22. The number of rotatable bonds is 0. The van der Waals surface area contributed by atoms with Crippen molar-refractivity contribution in [1.82, 2.24) is 0 Å². The lowest BCUT2D eigenvalue weighted by atomic mass is 9.65. The average molecular weight is 359 g/mol. The van der Waals surface area contributed by atoms with E-state index in [9.17, 15) is 18.0 Å². The molecule has 0 spiro atoms. The van der Waals surface area contributed by atoms with Gasteiger partial charge in [0, 0.05) is 16.7 Å². The maximum Gasteiger partial charge on any atom is 0.176 e. The summed E-state index contributed by atoms with van der Waals surface area (Å²) in [4.78, 5) is 25.2. The molecule has 0 aromatic rings. The average Bonchev–Trinajstić information content (AvgIpc) is 2.68. The van der Waals surface area contributed by atoms with Crippen LogP contribution in [0.25, 0.3) is 0 Å². The van der Waals surface area contributed by atoms with Crippen LogP contribution >= 0.6 is 15.9 Å². The second-order valence-corrected chi connectivity index (χ2v) is 9.28. The van der Waals surface area contributed by atoms with Gasteiger partial charge in [0.05, 0.1) is 5.75 Å². The molecule has 6 heteroatoms. The molecule has 3 atom stereocenters. The maximum absolute atomic E-state index is 12.6. The minimum Gasteiger partial charge on any atom is -0.294 e. The van der Waals surface area contributed by atoms with Gasteiger partial charge in [0.25, 0.3) is 0 Å². The van der Waals surface area contributed by atoms with Crippen LogP contribution in [0.5, 0.6) is 0 Å². The van der Waals surface area contributed by atoms with Gasteiger partial charge in [-0.1, -0.05) is 21.5 Å². The molecule has 1 fully saturated rings. The first-order chi connectivity index (χ1) is 9.19. The van der Waals surface area contributed by atoms with Gasteiger partial charge in [-0.3, -0.25) is 9.59 Å². The van der Waals surface area contributed by atoms with E-state index >= 15 is 0 Å². The molecule has 1 saturated heterocycles. The largest absolute Gasteiger partial charge is 0.294 e. The van der Waals surface area contributed by atoms with E-state index < -0.39 is 26.0 Å². The molecule has 20 heavy (non-hydrogen) atoms. The highest BCUT2D eigenvalue weighted by molar-refractivity contribution is 9.10. The van der Waals surface area contributed by atoms with Gasteiger partial charge < -0.3 is 0 Å². The molecule has 0 amide bonds. The van der Waals surface area contributed by atoms with E-state index in [2.05, 4.69) is 15.9 Å². The summed E-state index contributed by atoms with van der Waals surface area (Å²) in [5.41, 5.74) is 1.15. The van der Waals surface area contributed by atoms with E-state index in [1.165, 1.54) is 6.08 Å². The molecule has 0 aromatic heterocycles. The second-order valence-electron chi connectivity index (χ2n) is 5.89. The van der Waals surface area contributed by atoms with Gasteiger partial charge in [-0.05, 0) is 38.3 Å². The first-order valence-electron chi connectivity index (χ1n) is 6.58. The van der Waals surface area contributed by atoms with E-state index in [-0.39, 0.29) is 17.3 Å². The summed E-state index contributed by atoms with van der Waals surface area (Å²) in [6.45, 7) is 3.38. The number of sulfone groups is 1. The Labute approximate surface area is 126 Å². The monoisotopic (exact) mass is 358 g/mol. The fourth-order valence-corrected chi connectivity index (χ4v) is 7.23. The summed E-state index contributed by atoms with van der Waals surface area (Å²) >= 11 is 3.50. The highest BCUT2D eigenvalue weighted by Gasteiger charge is 2.61. The van der Waals surface area contributed by atoms with Crippen molar-refractivity contribution in [3.63, 3.8) is 0 Å². The van der Waals surface area contributed by atoms with E-state index in [1.807, 2.05) is 0 Å². The number of hydrogen-bond acceptors (Lipinski definition) is 4. The van der Waals surface area contributed by atoms with E-state index in [0.29, 0.717) is 23.3 Å². The fourth-order valence-electron chi connectivity index (χ4n) is 3.80. The number of allylic oxidation sites excluding steroid dienone is 4. The Kier molecular flexibility index (Phi) is 2.93. The van der Waals surface area contributed by atoms with Gasteiger partial charge in [-0.2, -0.15) is 0 Å². The minimum atomic E-state index is -3.28. The first kappa shape index (κ1) is 14.2. The van der Waals surface area contributed by atoms with Crippen molar-refractivity contribution >= 4 is 37.3 Å². The summed E-state index contributed by atoms with van der Waals surface area (Å²) in [6.07, 6.45) is 2.14. The van der Waals surface area contributed by atoms with E-state index in [0.717, 1.165) is 5.57 Å². The van der Waals surface area contributed by atoms with Crippen LogP contribution in [0.4, 0.5) is 0 Å². The molecule has 0 bridgehead atoms. The van der Waals surface area contributed by atoms with Crippen molar-refractivity contribution in [3.05, 3.63) is 22.1 Å². The molecule has 1 aliphatic heterocycles. The van der Waals surface area contributed by atoms with Gasteiger partial charge >= 0.3 is 0 Å². The van der Waals surface area contributed by atoms with Crippen LogP contribution in [-0.2, 0) is 19.4 Å². The molecule has 2 aliphatic carbocycles. The van der Waals surface area contributed by atoms with Crippen LogP contribution < -0.4 is 0 Å². The Morgan fingerprint density at radius 1 is 1.25 bits per heavy atom. The Hall–Kier alpha value is -0.750. The first-order valence-corrected chi connectivity index (χ1v) is 9.02. The van der Waals surface area contributed by atoms with Crippen molar-refractivity contribution < 1.29 is 18.0 Å². The van der Waals surface area contributed by atoms with Crippen LogP contribution in [-0.4, -0.2) is 30.1 Å². The van der Waals surface area contributed by atoms with Crippen molar-refractivity contribution in [3.8, 4) is 0 Å². The summed E-state index contributed by atoms with van der Waals surface area (Å²) in [5, 5.41) is 0. The quantitative estimate of drug-likeness (QED) is 0.620. The zero-order valence-electron chi connectivity index (χ0n) is 11.3. The molecule has 0 radical (unpaired) electrons. The Morgan fingerprint density at radius 3 is 2.55 bits per heavy atom. The minimum absolute atomic E-state index is 0.0641. The molecule has 0 N–H and O–H groups in total. The number of carbonyl (C=O) groups excluding carboxylic acids is 2. The van der Waals surface area contributed by atoms with Gasteiger partial charge in [0.2, 0.25) is 0 Å². The predicted octanol–water partition coefficient (Wildman–Crippen LogP) is 1.95. The van der Waals surface area contributed by atoms with Crippen molar-refractivity contribution in [2.45, 2.75) is 31.0 Å². The molecule has 0 saturated carbocycles. The summed E-state index contributed by atoms with van der Waals surface area (Å²) in [5.74, 6) is -1.06. The molecule has 1 heterocycles. The van der Waals surface area contributed by atoms with Gasteiger partial charge in [-0.25, -0.2) is 8.42 Å². The summed E-state index contributed by atoms with van der Waals surface area (Å²) in [7, 11) is -3.28. The molecular weight excluding hydrogens is 344 g/mol. The van der Waals surface area contributed by atoms with E-state index in [4.69, 9.17) is 0 Å². The highest BCUT2D eigenvalue weighted by atomic mass is 79.9. The zero-order chi connectivity index (χ0) is 14.9. The molecule has 108 valence electrons. The molecular formula is C14H15BrO4S. The Morgan fingerprint density at radius 2 is 1.90 bits per heavy atom. The van der Waals surface area contributed by atoms with Gasteiger partial charge in [-0.15, -0.1) is 0 Å². The number of fused-ring (bicyclic) bond motifs is 3. The highest BCUT2D eigenvalue weighted by Crippen LogP contribution is 2.56. The number of hydrogen-bond donors (Lipinski definition) is 0. The van der Waals surface area contributed by atoms with Crippen LogP contribution in [0.3, 0.4) is 0 Å². The van der Waals surface area contributed by atoms with Gasteiger partial charge in [0.1, 0.15) is 4.32 Å². The third-order valence-electron chi connectivity index (χ3n) is 4.68. The standard InChI is InChI=1S/C14H15BrO4S/c1-7-5-10-11(16)6-8(2)13(17)14(10,15)9-3-4-20(18,19)12(7)9/h6,9-10H,3-5H2,1-2H3/t9?,10?,14-/m1/s1. The number of alkyl halides is 1. The lowest BCUT2D eigenvalue weighted by molar-refractivity contribution is -0.129. The molecule has 3 rings (SSSR count). The Balaban J connectivity index is 2.25. The van der Waals surface area contributed by atoms with Crippen LogP contribution in [0.1, 0.15) is 26.7 Å². The van der Waals surface area contributed by atoms with Crippen molar-refractivity contribution in [2.24, 2.45) is 11.8 Å². The lowest BCUT2D eigenvalue weighted by Crippen LogP contribution is -2.54. The number of halogens is 1. The maximum atomic E-state index is 12.6. The SMILES string of the molecule is CC1=CC(=O)C2CC(C)=C3C(CCS3(=O)=O)[C@]2(Br)C1=O. The summed E-state index contributed by atoms with van der Waals surface area (Å²) < 4.78 is 23.3.